The molecule has 0 aliphatic heterocycles. The molecule has 0 unspecified atom stereocenters. The molecule has 0 amide bonds. The van der Waals surface area contributed by atoms with Gasteiger partial charge in [0, 0.05) is 24.2 Å². The first-order valence-electron chi connectivity index (χ1n) is 13.1. The zero-order valence-corrected chi connectivity index (χ0v) is 24.6. The standard InChI is InChI=1S/C31H29BrN4O5/c1-5-40-25-17-21(16-24(32)29(25)41-20(4)37)28(26-18(2)33-35(30(26)38)22-12-8-6-9-13-22)27-19(3)34-36(31(27)39)23-14-10-7-11-15-23/h6-17,28,33-34H,5H2,1-4H3. The Kier molecular flexibility index (Phi) is 7.85. The fourth-order valence-corrected chi connectivity index (χ4v) is 5.60. The molecule has 0 aliphatic carbocycles. The summed E-state index contributed by atoms with van der Waals surface area (Å²) in [5.41, 5.74) is 3.38. The van der Waals surface area contributed by atoms with E-state index in [0.717, 1.165) is 0 Å². The van der Waals surface area contributed by atoms with E-state index in [1.54, 1.807) is 12.1 Å². The third kappa shape index (κ3) is 5.30. The van der Waals surface area contributed by atoms with E-state index in [9.17, 15) is 14.4 Å². The van der Waals surface area contributed by atoms with Crippen LogP contribution in [-0.4, -0.2) is 32.1 Å². The van der Waals surface area contributed by atoms with Crippen molar-refractivity contribution in [2.75, 3.05) is 6.61 Å². The number of aryl methyl sites for hydroxylation is 2. The minimum atomic E-state index is -0.792. The van der Waals surface area contributed by atoms with Crippen molar-refractivity contribution in [2.45, 2.75) is 33.6 Å². The molecule has 3 aromatic carbocycles. The molecular weight excluding hydrogens is 588 g/mol. The lowest BCUT2D eigenvalue weighted by atomic mass is 9.85. The number of esters is 1. The van der Waals surface area contributed by atoms with Gasteiger partial charge in [-0.15, -0.1) is 0 Å². The number of carbonyl (C=O) groups is 1. The summed E-state index contributed by atoms with van der Waals surface area (Å²) in [6.07, 6.45) is 0. The van der Waals surface area contributed by atoms with E-state index in [1.807, 2.05) is 81.4 Å². The summed E-state index contributed by atoms with van der Waals surface area (Å²) < 4.78 is 14.7. The first kappa shape index (κ1) is 28.0. The van der Waals surface area contributed by atoms with Crippen molar-refractivity contribution in [3.8, 4) is 22.9 Å². The summed E-state index contributed by atoms with van der Waals surface area (Å²) >= 11 is 3.53. The van der Waals surface area contributed by atoms with Crippen molar-refractivity contribution in [2.24, 2.45) is 0 Å². The van der Waals surface area contributed by atoms with Gasteiger partial charge in [-0.3, -0.25) is 24.6 Å². The highest BCUT2D eigenvalue weighted by Gasteiger charge is 2.32. The van der Waals surface area contributed by atoms with E-state index in [2.05, 4.69) is 26.1 Å². The van der Waals surface area contributed by atoms with Crippen LogP contribution in [0.15, 0.2) is 86.9 Å². The molecule has 9 nitrogen and oxygen atoms in total. The lowest BCUT2D eigenvalue weighted by Crippen LogP contribution is -2.25. The van der Waals surface area contributed by atoms with Crippen molar-refractivity contribution in [1.82, 2.24) is 19.6 Å². The number of benzene rings is 3. The van der Waals surface area contributed by atoms with E-state index in [4.69, 9.17) is 9.47 Å². The third-order valence-electron chi connectivity index (χ3n) is 6.75. The molecular formula is C31H29BrN4O5. The summed E-state index contributed by atoms with van der Waals surface area (Å²) in [4.78, 5) is 40.0. The Morgan fingerprint density at radius 2 is 1.34 bits per heavy atom. The average Bonchev–Trinajstić information content (AvgIpc) is 3.42. The number of hydrogen-bond acceptors (Lipinski definition) is 5. The summed E-state index contributed by atoms with van der Waals surface area (Å²) in [7, 11) is 0. The van der Waals surface area contributed by atoms with Crippen LogP contribution in [0.4, 0.5) is 0 Å². The molecule has 0 bridgehead atoms. The van der Waals surface area contributed by atoms with Gasteiger partial charge in [0.1, 0.15) is 0 Å². The van der Waals surface area contributed by atoms with Gasteiger partial charge < -0.3 is 9.47 Å². The first-order valence-corrected chi connectivity index (χ1v) is 13.9. The van der Waals surface area contributed by atoms with Crippen LogP contribution in [0.3, 0.4) is 0 Å². The van der Waals surface area contributed by atoms with Crippen molar-refractivity contribution in [1.29, 1.82) is 0 Å². The van der Waals surface area contributed by atoms with Crippen LogP contribution in [0.1, 0.15) is 47.8 Å². The Balaban J connectivity index is 1.81. The summed E-state index contributed by atoms with van der Waals surface area (Å²) in [5.74, 6) is -0.762. The van der Waals surface area contributed by atoms with Crippen LogP contribution < -0.4 is 20.6 Å². The molecule has 210 valence electrons. The predicted molar refractivity (Wildman–Crippen MR) is 160 cm³/mol. The topological polar surface area (TPSA) is 111 Å². The summed E-state index contributed by atoms with van der Waals surface area (Å²) in [6, 6.07) is 21.9. The maximum absolute atomic E-state index is 14.1. The average molecular weight is 618 g/mol. The summed E-state index contributed by atoms with van der Waals surface area (Å²) in [6.45, 7) is 7.06. The minimum absolute atomic E-state index is 0.224. The quantitative estimate of drug-likeness (QED) is 0.176. The molecule has 0 radical (unpaired) electrons. The van der Waals surface area contributed by atoms with Gasteiger partial charge in [0.05, 0.1) is 33.6 Å². The molecule has 0 fully saturated rings. The van der Waals surface area contributed by atoms with E-state index in [0.29, 0.717) is 56.3 Å². The Morgan fingerprint density at radius 1 is 0.854 bits per heavy atom. The minimum Gasteiger partial charge on any atom is -0.490 e. The number of aromatic amines is 2. The largest absolute Gasteiger partial charge is 0.490 e. The van der Waals surface area contributed by atoms with Gasteiger partial charge in [-0.05, 0) is 78.7 Å². The number of ether oxygens (including phenoxy) is 2. The molecule has 0 atom stereocenters. The number of rotatable bonds is 8. The van der Waals surface area contributed by atoms with Crippen molar-refractivity contribution < 1.29 is 14.3 Å². The smallest absolute Gasteiger partial charge is 0.308 e. The number of para-hydroxylation sites is 2. The Hall–Kier alpha value is -4.57. The molecule has 5 rings (SSSR count). The zero-order valence-electron chi connectivity index (χ0n) is 23.0. The Bertz CT molecular complexity index is 1740. The van der Waals surface area contributed by atoms with E-state index in [-0.39, 0.29) is 16.9 Å². The monoisotopic (exact) mass is 616 g/mol. The van der Waals surface area contributed by atoms with Crippen molar-refractivity contribution in [3.63, 3.8) is 0 Å². The molecule has 0 spiro atoms. The predicted octanol–water partition coefficient (Wildman–Crippen LogP) is 5.53. The maximum atomic E-state index is 14.1. The normalized spacial score (nSPS) is 11.2. The van der Waals surface area contributed by atoms with Gasteiger partial charge in [0.25, 0.3) is 11.1 Å². The van der Waals surface area contributed by atoms with Crippen LogP contribution in [0.2, 0.25) is 0 Å². The fraction of sp³-hybridized carbons (Fsp3) is 0.194. The van der Waals surface area contributed by atoms with Crippen molar-refractivity contribution >= 4 is 21.9 Å². The van der Waals surface area contributed by atoms with Gasteiger partial charge >= 0.3 is 5.97 Å². The Labute approximate surface area is 244 Å². The van der Waals surface area contributed by atoms with Gasteiger partial charge in [0.2, 0.25) is 0 Å². The number of nitrogens with zero attached hydrogens (tertiary/aromatic N) is 2. The van der Waals surface area contributed by atoms with E-state index < -0.39 is 11.9 Å². The van der Waals surface area contributed by atoms with Gasteiger partial charge in [0.15, 0.2) is 11.5 Å². The maximum Gasteiger partial charge on any atom is 0.308 e. The molecule has 0 saturated heterocycles. The second-order valence-electron chi connectivity index (χ2n) is 9.54. The molecule has 41 heavy (non-hydrogen) atoms. The second kappa shape index (κ2) is 11.5. The molecule has 0 aliphatic rings. The number of hydrogen-bond donors (Lipinski definition) is 2. The highest BCUT2D eigenvalue weighted by atomic mass is 79.9. The number of aromatic nitrogens is 4. The first-order chi connectivity index (χ1) is 19.7. The molecule has 2 aromatic heterocycles. The van der Waals surface area contributed by atoms with E-state index >= 15 is 0 Å². The second-order valence-corrected chi connectivity index (χ2v) is 10.4. The number of carbonyl (C=O) groups excluding carboxylic acids is 1. The number of H-pyrrole nitrogens is 2. The lowest BCUT2D eigenvalue weighted by molar-refractivity contribution is -0.132. The molecule has 2 heterocycles. The van der Waals surface area contributed by atoms with Gasteiger partial charge in [-0.25, -0.2) is 9.36 Å². The third-order valence-corrected chi connectivity index (χ3v) is 7.34. The number of halogens is 1. The van der Waals surface area contributed by atoms with Gasteiger partial charge in [-0.1, -0.05) is 36.4 Å². The van der Waals surface area contributed by atoms with Crippen LogP contribution in [0.25, 0.3) is 11.4 Å². The lowest BCUT2D eigenvalue weighted by Gasteiger charge is -2.19. The van der Waals surface area contributed by atoms with Crippen molar-refractivity contribution in [3.05, 3.63) is 126 Å². The molecule has 0 saturated carbocycles. The van der Waals surface area contributed by atoms with Crippen LogP contribution in [0.5, 0.6) is 11.5 Å². The van der Waals surface area contributed by atoms with Gasteiger partial charge in [-0.2, -0.15) is 0 Å². The molecule has 10 heteroatoms. The highest BCUT2D eigenvalue weighted by molar-refractivity contribution is 9.10. The van der Waals surface area contributed by atoms with Crippen LogP contribution in [0, 0.1) is 13.8 Å². The van der Waals surface area contributed by atoms with Crippen LogP contribution >= 0.6 is 15.9 Å². The molecule has 5 aromatic rings. The summed E-state index contributed by atoms with van der Waals surface area (Å²) in [5, 5.41) is 6.38. The highest BCUT2D eigenvalue weighted by Crippen LogP contribution is 2.42. The SMILES string of the molecule is CCOc1cc(C(c2c(C)[nH]n(-c3ccccc3)c2=O)c2c(C)[nH]n(-c3ccccc3)c2=O)cc(Br)c1OC(C)=O. The molecule has 2 N–H and O–H groups in total. The fourth-order valence-electron chi connectivity index (χ4n) is 5.05. The zero-order chi connectivity index (χ0) is 29.3. The number of nitrogens with one attached hydrogen (secondary N) is 2. The van der Waals surface area contributed by atoms with E-state index in [1.165, 1.54) is 16.3 Å². The Morgan fingerprint density at radius 3 is 1.78 bits per heavy atom. The van der Waals surface area contributed by atoms with Crippen LogP contribution in [-0.2, 0) is 4.79 Å².